The van der Waals surface area contributed by atoms with Gasteiger partial charge in [-0.2, -0.15) is 0 Å². The minimum atomic E-state index is -0.340. The number of aromatic nitrogens is 2. The van der Waals surface area contributed by atoms with Crippen LogP contribution in [0.1, 0.15) is 12.7 Å². The van der Waals surface area contributed by atoms with Gasteiger partial charge in [0.2, 0.25) is 0 Å². The minimum Gasteiger partial charge on any atom is -0.355 e. The molecular formula is C15H21N3OS. The lowest BCUT2D eigenvalue weighted by Crippen LogP contribution is -2.34. The number of benzene rings is 1. The van der Waals surface area contributed by atoms with Gasteiger partial charge in [0.15, 0.2) is 10.8 Å². The van der Waals surface area contributed by atoms with Gasteiger partial charge < -0.3 is 14.2 Å². The first-order valence-electron chi connectivity index (χ1n) is 6.98. The average Bonchev–Trinajstić information content (AvgIpc) is 2.79. The van der Waals surface area contributed by atoms with Gasteiger partial charge in [-0.1, -0.05) is 12.1 Å². The number of rotatable bonds is 4. The normalized spacial score (nSPS) is 22.4. The Bertz CT molecular complexity index is 610. The number of thioether (sulfide) groups is 1. The van der Waals surface area contributed by atoms with Crippen LogP contribution in [0.4, 0.5) is 0 Å². The maximum Gasteiger partial charge on any atom is 0.169 e. The highest BCUT2D eigenvalue weighted by atomic mass is 32.2. The molecular weight excluding hydrogens is 270 g/mol. The molecule has 0 amide bonds. The molecule has 5 heteroatoms. The molecule has 0 N–H and O–H groups in total. The zero-order chi connectivity index (χ0) is 14.2. The van der Waals surface area contributed by atoms with E-state index in [1.165, 1.54) is 5.52 Å². The first-order chi connectivity index (χ1) is 9.60. The summed E-state index contributed by atoms with van der Waals surface area (Å²) in [6.07, 6.45) is 0. The van der Waals surface area contributed by atoms with E-state index in [9.17, 15) is 0 Å². The van der Waals surface area contributed by atoms with Crippen molar-refractivity contribution < 1.29 is 4.74 Å². The van der Waals surface area contributed by atoms with Gasteiger partial charge in [0, 0.05) is 18.8 Å². The van der Waals surface area contributed by atoms with Crippen molar-refractivity contribution in [3.8, 4) is 0 Å². The molecule has 0 spiro atoms. The van der Waals surface area contributed by atoms with E-state index in [4.69, 9.17) is 9.72 Å². The molecule has 4 nitrogen and oxygen atoms in total. The zero-order valence-corrected chi connectivity index (χ0v) is 13.1. The van der Waals surface area contributed by atoms with E-state index < -0.39 is 0 Å². The summed E-state index contributed by atoms with van der Waals surface area (Å²) in [5.74, 6) is 2.08. The summed E-state index contributed by atoms with van der Waals surface area (Å²) in [6.45, 7) is 4.83. The molecule has 1 aromatic heterocycles. The van der Waals surface area contributed by atoms with Crippen LogP contribution in [0.5, 0.6) is 0 Å². The van der Waals surface area contributed by atoms with Gasteiger partial charge in [0.05, 0.1) is 17.6 Å². The lowest BCUT2D eigenvalue weighted by Gasteiger charge is -2.33. The second-order valence-corrected chi connectivity index (χ2v) is 7.00. The molecule has 3 rings (SSSR count). The summed E-state index contributed by atoms with van der Waals surface area (Å²) in [5, 5.41) is 0. The Hall–Kier alpha value is -1.04. The molecule has 0 aliphatic carbocycles. The van der Waals surface area contributed by atoms with E-state index in [2.05, 4.69) is 48.7 Å². The molecule has 0 saturated carbocycles. The highest BCUT2D eigenvalue weighted by molar-refractivity contribution is 8.00. The number of para-hydroxylation sites is 2. The van der Waals surface area contributed by atoms with Crippen LogP contribution in [-0.2, 0) is 16.2 Å². The highest BCUT2D eigenvalue weighted by Crippen LogP contribution is 2.40. The third kappa shape index (κ3) is 2.45. The van der Waals surface area contributed by atoms with E-state index in [1.807, 2.05) is 17.8 Å². The Morgan fingerprint density at radius 2 is 2.20 bits per heavy atom. The van der Waals surface area contributed by atoms with Crippen LogP contribution in [0, 0.1) is 0 Å². The van der Waals surface area contributed by atoms with Crippen LogP contribution in [0.3, 0.4) is 0 Å². The summed E-state index contributed by atoms with van der Waals surface area (Å²) in [7, 11) is 4.19. The van der Waals surface area contributed by atoms with E-state index in [0.29, 0.717) is 0 Å². The van der Waals surface area contributed by atoms with Crippen LogP contribution < -0.4 is 0 Å². The second kappa shape index (κ2) is 5.39. The lowest BCUT2D eigenvalue weighted by atomic mass is 10.3. The monoisotopic (exact) mass is 291 g/mol. The van der Waals surface area contributed by atoms with Gasteiger partial charge in [-0.05, 0) is 33.2 Å². The van der Waals surface area contributed by atoms with E-state index in [1.54, 1.807) is 0 Å². The van der Waals surface area contributed by atoms with Crippen molar-refractivity contribution in [2.24, 2.45) is 0 Å². The van der Waals surface area contributed by atoms with Crippen molar-refractivity contribution in [2.75, 3.05) is 33.0 Å². The maximum atomic E-state index is 6.06. The van der Waals surface area contributed by atoms with Crippen molar-refractivity contribution in [3.63, 3.8) is 0 Å². The van der Waals surface area contributed by atoms with Crippen molar-refractivity contribution in [2.45, 2.75) is 18.4 Å². The van der Waals surface area contributed by atoms with E-state index in [0.717, 1.165) is 36.8 Å². The number of hydrogen-bond acceptors (Lipinski definition) is 4. The summed E-state index contributed by atoms with van der Waals surface area (Å²) in [5.41, 5.74) is 2.28. The number of hydrogen-bond donors (Lipinski definition) is 0. The van der Waals surface area contributed by atoms with Gasteiger partial charge in [0.25, 0.3) is 0 Å². The quantitative estimate of drug-likeness (QED) is 0.866. The van der Waals surface area contributed by atoms with Gasteiger partial charge in [-0.25, -0.2) is 4.98 Å². The van der Waals surface area contributed by atoms with Crippen molar-refractivity contribution in [1.82, 2.24) is 14.5 Å². The highest BCUT2D eigenvalue weighted by Gasteiger charge is 2.37. The summed E-state index contributed by atoms with van der Waals surface area (Å²) in [4.78, 5) is 6.66. The predicted molar refractivity (Wildman–Crippen MR) is 84.0 cm³/mol. The number of fused-ring (bicyclic) bond motifs is 3. The van der Waals surface area contributed by atoms with Crippen molar-refractivity contribution in [3.05, 3.63) is 30.1 Å². The Balaban J connectivity index is 1.92. The second-order valence-electron chi connectivity index (χ2n) is 5.52. The van der Waals surface area contributed by atoms with Crippen LogP contribution >= 0.6 is 11.8 Å². The third-order valence-electron chi connectivity index (χ3n) is 3.67. The Labute approximate surface area is 124 Å². The smallest absolute Gasteiger partial charge is 0.169 e. The molecule has 2 aromatic rings. The SMILES string of the molecule is CN(C)CCSC1(C)OCCn2c1nc1ccccc12. The van der Waals surface area contributed by atoms with Crippen molar-refractivity contribution in [1.29, 1.82) is 0 Å². The fraction of sp³-hybridized carbons (Fsp3) is 0.533. The first-order valence-corrected chi connectivity index (χ1v) is 7.97. The van der Waals surface area contributed by atoms with Gasteiger partial charge in [-0.3, -0.25) is 0 Å². The van der Waals surface area contributed by atoms with Crippen LogP contribution in [0.2, 0.25) is 0 Å². The van der Waals surface area contributed by atoms with Crippen LogP contribution in [0.15, 0.2) is 24.3 Å². The molecule has 1 aromatic carbocycles. The maximum absolute atomic E-state index is 6.06. The molecule has 0 radical (unpaired) electrons. The van der Waals surface area contributed by atoms with Crippen LogP contribution in [0.25, 0.3) is 11.0 Å². The molecule has 0 fully saturated rings. The molecule has 2 heterocycles. The van der Waals surface area contributed by atoms with Gasteiger partial charge in [-0.15, -0.1) is 11.8 Å². The molecule has 108 valence electrons. The predicted octanol–water partition coefficient (Wildman–Crippen LogP) is 2.53. The Morgan fingerprint density at radius 3 is 3.00 bits per heavy atom. The minimum absolute atomic E-state index is 0.340. The Morgan fingerprint density at radius 1 is 1.40 bits per heavy atom. The average molecular weight is 291 g/mol. The van der Waals surface area contributed by atoms with E-state index in [-0.39, 0.29) is 4.93 Å². The zero-order valence-electron chi connectivity index (χ0n) is 12.3. The molecule has 0 saturated heterocycles. The molecule has 1 aliphatic heterocycles. The molecule has 0 bridgehead atoms. The largest absolute Gasteiger partial charge is 0.355 e. The molecule has 1 unspecified atom stereocenters. The van der Waals surface area contributed by atoms with Gasteiger partial charge >= 0.3 is 0 Å². The number of ether oxygens (including phenoxy) is 1. The van der Waals surface area contributed by atoms with Crippen LogP contribution in [-0.4, -0.2) is 47.5 Å². The topological polar surface area (TPSA) is 30.3 Å². The number of nitrogens with zero attached hydrogens (tertiary/aromatic N) is 3. The summed E-state index contributed by atoms with van der Waals surface area (Å²) >= 11 is 1.84. The molecule has 1 aliphatic rings. The fourth-order valence-electron chi connectivity index (χ4n) is 2.57. The number of imidazole rings is 1. The summed E-state index contributed by atoms with van der Waals surface area (Å²) in [6, 6.07) is 8.33. The molecule has 1 atom stereocenters. The fourth-order valence-corrected chi connectivity index (χ4v) is 3.87. The Kier molecular flexibility index (Phi) is 3.75. The third-order valence-corrected chi connectivity index (χ3v) is 4.91. The lowest BCUT2D eigenvalue weighted by molar-refractivity contribution is 0.00244. The molecule has 20 heavy (non-hydrogen) atoms. The summed E-state index contributed by atoms with van der Waals surface area (Å²) < 4.78 is 8.37. The van der Waals surface area contributed by atoms with Crippen molar-refractivity contribution >= 4 is 22.8 Å². The van der Waals surface area contributed by atoms with E-state index >= 15 is 0 Å². The standard InChI is InChI=1S/C15H21N3OS/c1-15(20-11-9-17(2)3)14-16-12-6-4-5-7-13(12)18(14)8-10-19-15/h4-7H,8-11H2,1-3H3. The first kappa shape index (κ1) is 13.9. The van der Waals surface area contributed by atoms with Gasteiger partial charge in [0.1, 0.15) is 0 Å².